The normalized spacial score (nSPS) is 10.6. The molecule has 0 bridgehead atoms. The van der Waals surface area contributed by atoms with Gasteiger partial charge in [-0.1, -0.05) is 11.6 Å². The third-order valence-corrected chi connectivity index (χ3v) is 3.23. The SMILES string of the molecule is O=C(Nc1ccc(Cl)cc1[N+](=O)[O-])c1ccc2ocnc2c1. The van der Waals surface area contributed by atoms with Crippen LogP contribution in [0.3, 0.4) is 0 Å². The van der Waals surface area contributed by atoms with Gasteiger partial charge in [0, 0.05) is 16.7 Å². The Morgan fingerprint density at radius 3 is 2.86 bits per heavy atom. The van der Waals surface area contributed by atoms with E-state index in [1.807, 2.05) is 0 Å². The molecule has 0 saturated carbocycles. The van der Waals surface area contributed by atoms with Crippen LogP contribution in [0.5, 0.6) is 0 Å². The molecular weight excluding hydrogens is 310 g/mol. The minimum atomic E-state index is -0.609. The fourth-order valence-electron chi connectivity index (χ4n) is 1.96. The number of hydrogen-bond acceptors (Lipinski definition) is 5. The van der Waals surface area contributed by atoms with Crippen LogP contribution in [0.2, 0.25) is 5.02 Å². The molecule has 1 heterocycles. The number of halogens is 1. The zero-order valence-electron chi connectivity index (χ0n) is 10.9. The summed E-state index contributed by atoms with van der Waals surface area (Å²) in [5.41, 5.74) is 1.18. The van der Waals surface area contributed by atoms with Crippen LogP contribution in [-0.4, -0.2) is 15.8 Å². The first-order valence-corrected chi connectivity index (χ1v) is 6.51. The quantitative estimate of drug-likeness (QED) is 0.587. The number of benzene rings is 2. The fraction of sp³-hybridized carbons (Fsp3) is 0. The third-order valence-electron chi connectivity index (χ3n) is 3.00. The van der Waals surface area contributed by atoms with Crippen molar-refractivity contribution >= 4 is 40.0 Å². The average molecular weight is 318 g/mol. The average Bonchev–Trinajstić information content (AvgIpc) is 2.96. The second-order valence-electron chi connectivity index (χ2n) is 4.41. The lowest BCUT2D eigenvalue weighted by atomic mass is 10.2. The number of fused-ring (bicyclic) bond motifs is 1. The molecule has 0 aliphatic carbocycles. The van der Waals surface area contributed by atoms with E-state index in [-0.39, 0.29) is 16.4 Å². The molecule has 0 unspecified atom stereocenters. The Labute approximate surface area is 128 Å². The van der Waals surface area contributed by atoms with Crippen molar-refractivity contribution in [3.63, 3.8) is 0 Å². The number of rotatable bonds is 3. The smallest absolute Gasteiger partial charge is 0.294 e. The second-order valence-corrected chi connectivity index (χ2v) is 4.84. The molecule has 0 radical (unpaired) electrons. The zero-order chi connectivity index (χ0) is 15.7. The van der Waals surface area contributed by atoms with Gasteiger partial charge in [0.05, 0.1) is 4.92 Å². The number of nitrogens with zero attached hydrogens (tertiary/aromatic N) is 2. The second kappa shape index (κ2) is 5.45. The highest BCUT2D eigenvalue weighted by atomic mass is 35.5. The van der Waals surface area contributed by atoms with Gasteiger partial charge in [-0.05, 0) is 30.3 Å². The summed E-state index contributed by atoms with van der Waals surface area (Å²) in [7, 11) is 0. The van der Waals surface area contributed by atoms with E-state index < -0.39 is 10.8 Å². The highest BCUT2D eigenvalue weighted by molar-refractivity contribution is 6.31. The molecule has 110 valence electrons. The number of nitrogens with one attached hydrogen (secondary N) is 1. The molecule has 0 fully saturated rings. The Kier molecular flexibility index (Phi) is 3.48. The van der Waals surface area contributed by atoms with Crippen LogP contribution in [0, 0.1) is 10.1 Å². The molecule has 1 aromatic heterocycles. The first kappa shape index (κ1) is 14.0. The van der Waals surface area contributed by atoms with Crippen LogP contribution in [0.15, 0.2) is 47.2 Å². The molecule has 22 heavy (non-hydrogen) atoms. The first-order valence-electron chi connectivity index (χ1n) is 6.13. The molecule has 7 nitrogen and oxygen atoms in total. The zero-order valence-corrected chi connectivity index (χ0v) is 11.7. The Balaban J connectivity index is 1.92. The van der Waals surface area contributed by atoms with Gasteiger partial charge in [-0.2, -0.15) is 0 Å². The van der Waals surface area contributed by atoms with E-state index in [0.29, 0.717) is 16.7 Å². The van der Waals surface area contributed by atoms with E-state index in [0.717, 1.165) is 0 Å². The van der Waals surface area contributed by atoms with Crippen LogP contribution in [0.1, 0.15) is 10.4 Å². The van der Waals surface area contributed by atoms with Crippen LogP contribution in [0.4, 0.5) is 11.4 Å². The predicted octanol–water partition coefficient (Wildman–Crippen LogP) is 3.64. The van der Waals surface area contributed by atoms with E-state index in [1.54, 1.807) is 12.1 Å². The molecule has 0 aliphatic heterocycles. The van der Waals surface area contributed by atoms with Gasteiger partial charge in [-0.15, -0.1) is 0 Å². The van der Waals surface area contributed by atoms with Crippen molar-refractivity contribution in [3.05, 3.63) is 63.5 Å². The number of hydrogen-bond donors (Lipinski definition) is 1. The minimum Gasteiger partial charge on any atom is -0.443 e. The maximum absolute atomic E-state index is 12.2. The number of carbonyl (C=O) groups is 1. The summed E-state index contributed by atoms with van der Waals surface area (Å²) in [4.78, 5) is 26.6. The summed E-state index contributed by atoms with van der Waals surface area (Å²) in [6, 6.07) is 8.71. The number of carbonyl (C=O) groups excluding carboxylic acids is 1. The molecule has 0 aliphatic rings. The first-order chi connectivity index (χ1) is 10.5. The van der Waals surface area contributed by atoms with Crippen molar-refractivity contribution in [1.82, 2.24) is 4.98 Å². The molecule has 2 aromatic carbocycles. The Hall–Kier alpha value is -2.93. The number of anilines is 1. The summed E-state index contributed by atoms with van der Waals surface area (Å²) in [6.07, 6.45) is 1.27. The monoisotopic (exact) mass is 317 g/mol. The van der Waals surface area contributed by atoms with Gasteiger partial charge in [-0.25, -0.2) is 4.98 Å². The van der Waals surface area contributed by atoms with E-state index in [2.05, 4.69) is 10.3 Å². The molecule has 3 aromatic rings. The molecule has 1 amide bonds. The van der Waals surface area contributed by atoms with Gasteiger partial charge >= 0.3 is 0 Å². The molecular formula is C14H8ClN3O4. The molecule has 8 heteroatoms. The summed E-state index contributed by atoms with van der Waals surface area (Å²) in [5, 5.41) is 13.7. The maximum atomic E-state index is 12.2. The number of oxazole rings is 1. The van der Waals surface area contributed by atoms with Gasteiger partial charge < -0.3 is 9.73 Å². The molecule has 1 N–H and O–H groups in total. The maximum Gasteiger partial charge on any atom is 0.294 e. The predicted molar refractivity (Wildman–Crippen MR) is 80.1 cm³/mol. The lowest BCUT2D eigenvalue weighted by Crippen LogP contribution is -2.13. The van der Waals surface area contributed by atoms with Gasteiger partial charge in [0.15, 0.2) is 12.0 Å². The lowest BCUT2D eigenvalue weighted by Gasteiger charge is -2.06. The third kappa shape index (κ3) is 2.61. The summed E-state index contributed by atoms with van der Waals surface area (Å²) in [6.45, 7) is 0. The molecule has 0 saturated heterocycles. The molecule has 0 atom stereocenters. The summed E-state index contributed by atoms with van der Waals surface area (Å²) in [5.74, 6) is -0.490. The Bertz CT molecular complexity index is 891. The minimum absolute atomic E-state index is 0.0691. The highest BCUT2D eigenvalue weighted by Gasteiger charge is 2.17. The van der Waals surface area contributed by atoms with E-state index >= 15 is 0 Å². The highest BCUT2D eigenvalue weighted by Crippen LogP contribution is 2.28. The number of amides is 1. The number of nitro groups is 1. The standard InChI is InChI=1S/C14H8ClN3O4/c15-9-2-3-10(12(6-9)18(20)21)17-14(19)8-1-4-13-11(5-8)16-7-22-13/h1-7H,(H,17,19). The summed E-state index contributed by atoms with van der Waals surface area (Å²) >= 11 is 5.73. The fourth-order valence-corrected chi connectivity index (χ4v) is 2.12. The largest absolute Gasteiger partial charge is 0.443 e. The van der Waals surface area contributed by atoms with Crippen molar-refractivity contribution in [3.8, 4) is 0 Å². The van der Waals surface area contributed by atoms with Crippen LogP contribution in [-0.2, 0) is 0 Å². The van der Waals surface area contributed by atoms with E-state index in [1.165, 1.54) is 30.7 Å². The number of aromatic nitrogens is 1. The Morgan fingerprint density at radius 2 is 2.09 bits per heavy atom. The number of nitro benzene ring substituents is 1. The van der Waals surface area contributed by atoms with Gasteiger partial charge in [0.1, 0.15) is 11.2 Å². The van der Waals surface area contributed by atoms with Crippen molar-refractivity contribution in [1.29, 1.82) is 0 Å². The van der Waals surface area contributed by atoms with Crippen LogP contribution >= 0.6 is 11.6 Å². The Morgan fingerprint density at radius 1 is 1.27 bits per heavy atom. The molecule has 0 spiro atoms. The van der Waals surface area contributed by atoms with Gasteiger partial charge in [-0.3, -0.25) is 14.9 Å². The van der Waals surface area contributed by atoms with Crippen molar-refractivity contribution in [2.45, 2.75) is 0 Å². The molecule has 3 rings (SSSR count). The van der Waals surface area contributed by atoms with Gasteiger partial charge in [0.2, 0.25) is 0 Å². The van der Waals surface area contributed by atoms with Crippen LogP contribution < -0.4 is 5.32 Å². The van der Waals surface area contributed by atoms with Crippen molar-refractivity contribution < 1.29 is 14.1 Å². The van der Waals surface area contributed by atoms with Crippen molar-refractivity contribution in [2.24, 2.45) is 0 Å². The van der Waals surface area contributed by atoms with Crippen molar-refractivity contribution in [2.75, 3.05) is 5.32 Å². The lowest BCUT2D eigenvalue weighted by molar-refractivity contribution is -0.383. The topological polar surface area (TPSA) is 98.3 Å². The van der Waals surface area contributed by atoms with E-state index in [4.69, 9.17) is 16.0 Å². The van der Waals surface area contributed by atoms with Crippen LogP contribution in [0.25, 0.3) is 11.1 Å². The van der Waals surface area contributed by atoms with Gasteiger partial charge in [0.25, 0.3) is 11.6 Å². The van der Waals surface area contributed by atoms with E-state index in [9.17, 15) is 14.9 Å². The summed E-state index contributed by atoms with van der Waals surface area (Å²) < 4.78 is 5.09.